The molecule has 0 radical (unpaired) electrons. The lowest BCUT2D eigenvalue weighted by atomic mass is 10.1. The third-order valence-electron chi connectivity index (χ3n) is 2.76. The van der Waals surface area contributed by atoms with Crippen molar-refractivity contribution in [3.63, 3.8) is 0 Å². The van der Waals surface area contributed by atoms with Crippen molar-refractivity contribution < 1.29 is 21.6 Å². The molecule has 2 rings (SSSR count). The first-order valence-electron chi connectivity index (χ1n) is 5.70. The summed E-state index contributed by atoms with van der Waals surface area (Å²) in [7, 11) is -3.93. The van der Waals surface area contributed by atoms with E-state index in [0.29, 0.717) is 12.1 Å². The van der Waals surface area contributed by atoms with E-state index in [0.717, 1.165) is 18.2 Å². The van der Waals surface area contributed by atoms with Crippen LogP contribution in [0.4, 0.5) is 13.2 Å². The summed E-state index contributed by atoms with van der Waals surface area (Å²) in [5, 5.41) is 8.69. The molecule has 0 spiro atoms. The normalized spacial score (nSPS) is 11.1. The van der Waals surface area contributed by atoms with Crippen LogP contribution in [0.5, 0.6) is 0 Å². The maximum Gasteiger partial charge on any atom is 0.182 e. The highest BCUT2D eigenvalue weighted by Gasteiger charge is 2.18. The molecule has 0 saturated carbocycles. The molecule has 7 heteroatoms. The van der Waals surface area contributed by atoms with E-state index in [-0.39, 0.29) is 16.0 Å². The van der Waals surface area contributed by atoms with E-state index in [1.807, 2.05) is 0 Å². The van der Waals surface area contributed by atoms with Crippen LogP contribution in [0, 0.1) is 28.8 Å². The Balaban J connectivity index is 2.37. The molecule has 0 heterocycles. The van der Waals surface area contributed by atoms with Gasteiger partial charge in [0.25, 0.3) is 0 Å². The van der Waals surface area contributed by atoms with Gasteiger partial charge in [0.05, 0.1) is 16.2 Å². The average Bonchev–Trinajstić information content (AvgIpc) is 2.43. The molecule has 108 valence electrons. The molecule has 2 aromatic rings. The van der Waals surface area contributed by atoms with Crippen molar-refractivity contribution in [2.45, 2.75) is 10.6 Å². The zero-order chi connectivity index (χ0) is 15.6. The Hall–Kier alpha value is -2.33. The van der Waals surface area contributed by atoms with Gasteiger partial charge >= 0.3 is 0 Å². The van der Waals surface area contributed by atoms with Crippen LogP contribution in [0.25, 0.3) is 0 Å². The topological polar surface area (TPSA) is 57.9 Å². The van der Waals surface area contributed by atoms with Gasteiger partial charge in [-0.05, 0) is 35.9 Å². The molecule has 21 heavy (non-hydrogen) atoms. The highest BCUT2D eigenvalue weighted by atomic mass is 32.2. The fraction of sp³-hybridized carbons (Fsp3) is 0.0714. The number of hydrogen-bond donors (Lipinski definition) is 0. The van der Waals surface area contributed by atoms with Crippen molar-refractivity contribution in [1.29, 1.82) is 5.26 Å². The van der Waals surface area contributed by atoms with Crippen molar-refractivity contribution in [2.75, 3.05) is 0 Å². The van der Waals surface area contributed by atoms with E-state index in [9.17, 15) is 21.6 Å². The van der Waals surface area contributed by atoms with E-state index in [1.54, 1.807) is 6.07 Å². The number of rotatable bonds is 3. The van der Waals surface area contributed by atoms with Gasteiger partial charge in [-0.1, -0.05) is 6.07 Å². The molecule has 0 unspecified atom stereocenters. The second kappa shape index (κ2) is 5.58. The quantitative estimate of drug-likeness (QED) is 0.819. The number of benzene rings is 2. The molecule has 2 aromatic carbocycles. The molecule has 0 aromatic heterocycles. The summed E-state index contributed by atoms with van der Waals surface area (Å²) in [4.78, 5) is -0.385. The minimum Gasteiger partial charge on any atom is -0.223 e. The van der Waals surface area contributed by atoms with Crippen LogP contribution < -0.4 is 0 Å². The molecule has 0 aliphatic heterocycles. The molecular formula is C14H8F3NO2S. The van der Waals surface area contributed by atoms with Gasteiger partial charge in [0.1, 0.15) is 11.9 Å². The summed E-state index contributed by atoms with van der Waals surface area (Å²) in [6.45, 7) is 0. The Kier molecular flexibility index (Phi) is 4.00. The van der Waals surface area contributed by atoms with Crippen molar-refractivity contribution in [3.8, 4) is 6.07 Å². The number of halogens is 3. The van der Waals surface area contributed by atoms with Crippen molar-refractivity contribution >= 4 is 9.84 Å². The first kappa shape index (κ1) is 15.1. The molecule has 0 N–H and O–H groups in total. The van der Waals surface area contributed by atoms with Crippen LogP contribution in [0.1, 0.15) is 11.1 Å². The molecule has 0 aliphatic carbocycles. The molecule has 0 amide bonds. The second-order valence-electron chi connectivity index (χ2n) is 4.26. The molecule has 0 fully saturated rings. The minimum atomic E-state index is -3.93. The van der Waals surface area contributed by atoms with E-state index >= 15 is 0 Å². The van der Waals surface area contributed by atoms with Crippen LogP contribution in [-0.4, -0.2) is 8.42 Å². The Morgan fingerprint density at radius 1 is 0.952 bits per heavy atom. The Morgan fingerprint density at radius 2 is 1.62 bits per heavy atom. The van der Waals surface area contributed by atoms with Gasteiger partial charge in [-0.3, -0.25) is 0 Å². The van der Waals surface area contributed by atoms with Crippen LogP contribution in [0.3, 0.4) is 0 Å². The third-order valence-corrected chi connectivity index (χ3v) is 4.44. The van der Waals surface area contributed by atoms with Crippen LogP contribution in [-0.2, 0) is 15.6 Å². The number of hydrogen-bond acceptors (Lipinski definition) is 3. The minimum absolute atomic E-state index is 0.178. The predicted molar refractivity (Wildman–Crippen MR) is 68.4 cm³/mol. The number of nitriles is 1. The van der Waals surface area contributed by atoms with Crippen LogP contribution >= 0.6 is 0 Å². The second-order valence-corrected chi connectivity index (χ2v) is 6.25. The Bertz CT molecular complexity index is 842. The lowest BCUT2D eigenvalue weighted by molar-refractivity contribution is 0.504. The number of sulfone groups is 1. The van der Waals surface area contributed by atoms with Crippen LogP contribution in [0.2, 0.25) is 0 Å². The molecule has 0 atom stereocenters. The highest BCUT2D eigenvalue weighted by molar-refractivity contribution is 7.90. The average molecular weight is 311 g/mol. The number of nitrogens with zero attached hydrogens (tertiary/aromatic N) is 1. The SMILES string of the molecule is N#Cc1cc(CS(=O)(=O)c2ccc(F)c(F)c2)ccc1F. The van der Waals surface area contributed by atoms with Crippen molar-refractivity contribution in [2.24, 2.45) is 0 Å². The standard InChI is InChI=1S/C14H8F3NO2S/c15-12-3-1-9(5-10(12)7-18)8-21(19,20)11-2-4-13(16)14(17)6-11/h1-6H,8H2. The van der Waals surface area contributed by atoms with E-state index in [2.05, 4.69) is 0 Å². The molecule has 3 nitrogen and oxygen atoms in total. The predicted octanol–water partition coefficient (Wildman–Crippen LogP) is 2.95. The third kappa shape index (κ3) is 3.23. The van der Waals surface area contributed by atoms with Crippen molar-refractivity contribution in [1.82, 2.24) is 0 Å². The van der Waals surface area contributed by atoms with Crippen molar-refractivity contribution in [3.05, 3.63) is 65.0 Å². The van der Waals surface area contributed by atoms with Gasteiger partial charge in [-0.15, -0.1) is 0 Å². The van der Waals surface area contributed by atoms with Gasteiger partial charge in [-0.25, -0.2) is 21.6 Å². The highest BCUT2D eigenvalue weighted by Crippen LogP contribution is 2.20. The largest absolute Gasteiger partial charge is 0.223 e. The molecule has 0 bridgehead atoms. The summed E-state index contributed by atoms with van der Waals surface area (Å²) in [5.41, 5.74) is -0.106. The van der Waals surface area contributed by atoms with Gasteiger partial charge in [-0.2, -0.15) is 5.26 Å². The lowest BCUT2D eigenvalue weighted by Gasteiger charge is -2.06. The smallest absolute Gasteiger partial charge is 0.182 e. The molecule has 0 aliphatic rings. The summed E-state index contributed by atoms with van der Waals surface area (Å²) in [5.74, 6) is -3.73. The summed E-state index contributed by atoms with van der Waals surface area (Å²) in [6, 6.07) is 7.14. The lowest BCUT2D eigenvalue weighted by Crippen LogP contribution is -2.06. The van der Waals surface area contributed by atoms with Crippen LogP contribution in [0.15, 0.2) is 41.3 Å². The first-order chi connectivity index (χ1) is 9.83. The maximum atomic E-state index is 13.2. The van der Waals surface area contributed by atoms with E-state index in [1.165, 1.54) is 6.07 Å². The first-order valence-corrected chi connectivity index (χ1v) is 7.35. The zero-order valence-electron chi connectivity index (χ0n) is 10.5. The Morgan fingerprint density at radius 3 is 2.24 bits per heavy atom. The maximum absolute atomic E-state index is 13.2. The van der Waals surface area contributed by atoms with Gasteiger partial charge in [0.2, 0.25) is 0 Å². The van der Waals surface area contributed by atoms with Gasteiger partial charge in [0, 0.05) is 0 Å². The summed E-state index contributed by atoms with van der Waals surface area (Å²) in [6.07, 6.45) is 0. The molecule has 0 saturated heterocycles. The zero-order valence-corrected chi connectivity index (χ0v) is 11.3. The summed E-state index contributed by atoms with van der Waals surface area (Å²) >= 11 is 0. The van der Waals surface area contributed by atoms with E-state index in [4.69, 9.17) is 5.26 Å². The van der Waals surface area contributed by atoms with Gasteiger partial charge < -0.3 is 0 Å². The van der Waals surface area contributed by atoms with E-state index < -0.39 is 33.0 Å². The van der Waals surface area contributed by atoms with Gasteiger partial charge in [0.15, 0.2) is 21.5 Å². The fourth-order valence-corrected chi connectivity index (χ4v) is 3.06. The molecular weight excluding hydrogens is 303 g/mol. The monoisotopic (exact) mass is 311 g/mol. The Labute approximate surface area is 119 Å². The summed E-state index contributed by atoms with van der Waals surface area (Å²) < 4.78 is 63.2. The fourth-order valence-electron chi connectivity index (χ4n) is 1.72.